The molecule has 1 fully saturated rings. The van der Waals surface area contributed by atoms with Gasteiger partial charge in [0, 0.05) is 12.1 Å². The van der Waals surface area contributed by atoms with Crippen LogP contribution in [-0.2, 0) is 4.79 Å². The Balaban J connectivity index is 2.38. The molecule has 1 saturated heterocycles. The minimum absolute atomic E-state index is 0.0204. The monoisotopic (exact) mass is 186 g/mol. The lowest BCUT2D eigenvalue weighted by Crippen LogP contribution is -2.92. The zero-order valence-corrected chi connectivity index (χ0v) is 8.68. The average Bonchev–Trinajstić information content (AvgIpc) is 2.03. The summed E-state index contributed by atoms with van der Waals surface area (Å²) >= 11 is 0. The van der Waals surface area contributed by atoms with Crippen molar-refractivity contribution in [1.82, 2.24) is 10.6 Å². The quantitative estimate of drug-likeness (QED) is 0.464. The van der Waals surface area contributed by atoms with Crippen LogP contribution in [0, 0.1) is 0 Å². The molecule has 1 aliphatic heterocycles. The van der Waals surface area contributed by atoms with E-state index in [4.69, 9.17) is 0 Å². The van der Waals surface area contributed by atoms with Crippen LogP contribution in [0.2, 0.25) is 0 Å². The summed E-state index contributed by atoms with van der Waals surface area (Å²) in [7, 11) is 0. The fourth-order valence-electron chi connectivity index (χ4n) is 1.38. The Kier molecular flexibility index (Phi) is 3.27. The van der Waals surface area contributed by atoms with E-state index < -0.39 is 0 Å². The summed E-state index contributed by atoms with van der Waals surface area (Å²) in [6.07, 6.45) is 0. The van der Waals surface area contributed by atoms with Crippen molar-refractivity contribution >= 4 is 5.91 Å². The highest BCUT2D eigenvalue weighted by Crippen LogP contribution is 1.99. The minimum Gasteiger partial charge on any atom is -0.350 e. The van der Waals surface area contributed by atoms with Gasteiger partial charge >= 0.3 is 0 Å². The maximum absolute atomic E-state index is 11.6. The van der Waals surface area contributed by atoms with Gasteiger partial charge in [0.25, 0.3) is 0 Å². The van der Waals surface area contributed by atoms with Crippen LogP contribution in [0.25, 0.3) is 0 Å². The number of piperazine rings is 1. The molecule has 0 aliphatic carbocycles. The highest BCUT2D eigenvalue weighted by molar-refractivity contribution is 5.82. The van der Waals surface area contributed by atoms with Gasteiger partial charge in [0.1, 0.15) is 12.6 Å². The van der Waals surface area contributed by atoms with Crippen LogP contribution in [0.4, 0.5) is 0 Å². The first kappa shape index (κ1) is 10.5. The number of rotatable bonds is 1. The Hall–Kier alpha value is -0.610. The van der Waals surface area contributed by atoms with Crippen LogP contribution < -0.4 is 16.0 Å². The molecule has 0 saturated carbocycles. The number of carbonyl (C=O) groups is 1. The molecule has 0 aromatic rings. The van der Waals surface area contributed by atoms with Crippen molar-refractivity contribution in [2.45, 2.75) is 32.4 Å². The van der Waals surface area contributed by atoms with Gasteiger partial charge in [0.15, 0.2) is 0 Å². The summed E-state index contributed by atoms with van der Waals surface area (Å²) < 4.78 is 0. The molecule has 1 heterocycles. The van der Waals surface area contributed by atoms with Crippen molar-refractivity contribution in [3.05, 3.63) is 0 Å². The first-order valence-corrected chi connectivity index (χ1v) is 4.86. The molecule has 1 aliphatic rings. The molecule has 4 nitrogen and oxygen atoms in total. The molecular formula is C9H20N3O+. The minimum atomic E-state index is -0.129. The average molecular weight is 186 g/mol. The van der Waals surface area contributed by atoms with E-state index in [2.05, 4.69) is 16.0 Å². The van der Waals surface area contributed by atoms with Gasteiger partial charge in [-0.25, -0.2) is 0 Å². The van der Waals surface area contributed by atoms with E-state index in [-0.39, 0.29) is 17.5 Å². The second kappa shape index (κ2) is 4.07. The Morgan fingerprint density at radius 1 is 1.54 bits per heavy atom. The van der Waals surface area contributed by atoms with Gasteiger partial charge in [-0.05, 0) is 20.8 Å². The number of nitrogens with two attached hydrogens (primary N) is 1. The molecule has 1 rings (SSSR count). The third-order valence-electron chi connectivity index (χ3n) is 1.96. The van der Waals surface area contributed by atoms with Gasteiger partial charge in [0.2, 0.25) is 5.91 Å². The topological polar surface area (TPSA) is 57.7 Å². The Morgan fingerprint density at radius 3 is 2.69 bits per heavy atom. The van der Waals surface area contributed by atoms with Crippen molar-refractivity contribution in [3.8, 4) is 0 Å². The van der Waals surface area contributed by atoms with Gasteiger partial charge in [-0.2, -0.15) is 0 Å². The lowest BCUT2D eigenvalue weighted by molar-refractivity contribution is -0.660. The molecule has 76 valence electrons. The van der Waals surface area contributed by atoms with Crippen molar-refractivity contribution in [3.63, 3.8) is 0 Å². The van der Waals surface area contributed by atoms with E-state index in [0.29, 0.717) is 0 Å². The predicted molar refractivity (Wildman–Crippen MR) is 51.3 cm³/mol. The first-order valence-electron chi connectivity index (χ1n) is 4.86. The first-order chi connectivity index (χ1) is 5.99. The standard InChI is InChI=1S/C9H19N3O/c1-9(2,3)12-8(13)7-6-10-4-5-11-7/h7,10-11H,4-6H2,1-3H3,(H,12,13)/p+1/t7-/m0/s1. The van der Waals surface area contributed by atoms with Crippen LogP contribution in [0.3, 0.4) is 0 Å². The zero-order chi connectivity index (χ0) is 9.90. The molecule has 0 aromatic heterocycles. The highest BCUT2D eigenvalue weighted by atomic mass is 16.2. The third-order valence-corrected chi connectivity index (χ3v) is 1.96. The van der Waals surface area contributed by atoms with Crippen LogP contribution in [0.15, 0.2) is 0 Å². The molecule has 0 spiro atoms. The number of amides is 1. The van der Waals surface area contributed by atoms with Crippen molar-refractivity contribution < 1.29 is 10.1 Å². The zero-order valence-electron chi connectivity index (χ0n) is 8.68. The lowest BCUT2D eigenvalue weighted by Gasteiger charge is -2.26. The molecule has 1 amide bonds. The SMILES string of the molecule is CC(C)(C)NC(=O)[C@@H]1C[NH2+]CCN1. The molecule has 1 atom stereocenters. The van der Waals surface area contributed by atoms with Gasteiger partial charge in [-0.1, -0.05) is 0 Å². The smallest absolute Gasteiger partial charge is 0.243 e. The van der Waals surface area contributed by atoms with Gasteiger partial charge in [-0.15, -0.1) is 0 Å². The number of nitrogens with one attached hydrogen (secondary N) is 2. The summed E-state index contributed by atoms with van der Waals surface area (Å²) in [5.41, 5.74) is -0.129. The van der Waals surface area contributed by atoms with E-state index in [1.165, 1.54) is 0 Å². The van der Waals surface area contributed by atoms with Crippen molar-refractivity contribution in [1.29, 1.82) is 0 Å². The number of quaternary nitrogens is 1. The molecule has 0 radical (unpaired) electrons. The van der Waals surface area contributed by atoms with Crippen LogP contribution >= 0.6 is 0 Å². The van der Waals surface area contributed by atoms with Gasteiger partial charge in [-0.3, -0.25) is 10.1 Å². The number of hydrogen-bond acceptors (Lipinski definition) is 2. The highest BCUT2D eigenvalue weighted by Gasteiger charge is 2.25. The molecule has 13 heavy (non-hydrogen) atoms. The van der Waals surface area contributed by atoms with Gasteiger partial charge < -0.3 is 10.6 Å². The molecule has 4 heteroatoms. The van der Waals surface area contributed by atoms with Crippen molar-refractivity contribution in [2.24, 2.45) is 0 Å². The molecule has 0 unspecified atom stereocenters. The maximum Gasteiger partial charge on any atom is 0.243 e. The predicted octanol–water partition coefficient (Wildman–Crippen LogP) is -1.56. The fraction of sp³-hybridized carbons (Fsp3) is 0.889. The second-order valence-corrected chi connectivity index (χ2v) is 4.56. The van der Waals surface area contributed by atoms with Crippen LogP contribution in [-0.4, -0.2) is 37.1 Å². The van der Waals surface area contributed by atoms with E-state index in [1.807, 2.05) is 20.8 Å². The Labute approximate surface area is 79.5 Å². The summed E-state index contributed by atoms with van der Waals surface area (Å²) in [6, 6.07) is -0.0204. The van der Waals surface area contributed by atoms with Crippen LogP contribution in [0.5, 0.6) is 0 Å². The van der Waals surface area contributed by atoms with E-state index in [0.717, 1.165) is 19.6 Å². The molecular weight excluding hydrogens is 166 g/mol. The molecule has 0 aromatic carbocycles. The summed E-state index contributed by atoms with van der Waals surface area (Å²) in [5, 5.41) is 8.34. The largest absolute Gasteiger partial charge is 0.350 e. The van der Waals surface area contributed by atoms with E-state index in [9.17, 15) is 4.79 Å². The third kappa shape index (κ3) is 3.74. The second-order valence-electron chi connectivity index (χ2n) is 4.56. The fourth-order valence-corrected chi connectivity index (χ4v) is 1.38. The van der Waals surface area contributed by atoms with Crippen molar-refractivity contribution in [2.75, 3.05) is 19.6 Å². The summed E-state index contributed by atoms with van der Waals surface area (Å²) in [6.45, 7) is 8.83. The summed E-state index contributed by atoms with van der Waals surface area (Å²) in [5.74, 6) is 0.114. The maximum atomic E-state index is 11.6. The Morgan fingerprint density at radius 2 is 2.23 bits per heavy atom. The van der Waals surface area contributed by atoms with E-state index in [1.54, 1.807) is 0 Å². The molecule has 0 bridgehead atoms. The molecule has 4 N–H and O–H groups in total. The summed E-state index contributed by atoms with van der Waals surface area (Å²) in [4.78, 5) is 11.6. The number of carbonyl (C=O) groups excluding carboxylic acids is 1. The Bertz CT molecular complexity index is 180. The van der Waals surface area contributed by atoms with E-state index >= 15 is 0 Å². The van der Waals surface area contributed by atoms with Gasteiger partial charge in [0.05, 0.1) is 6.54 Å². The normalized spacial score (nSPS) is 24.1. The number of hydrogen-bond donors (Lipinski definition) is 3. The van der Waals surface area contributed by atoms with Crippen LogP contribution in [0.1, 0.15) is 20.8 Å². The lowest BCUT2D eigenvalue weighted by atomic mass is 10.1.